The third-order valence-corrected chi connectivity index (χ3v) is 0.791. The molecular formula is C3H2N2O3. The maximum absolute atomic E-state index is 4.66. The summed E-state index contributed by atoms with van der Waals surface area (Å²) in [5.74, 6) is 0.745. The van der Waals surface area contributed by atoms with Crippen LogP contribution in [0.5, 0.6) is 5.95 Å². The summed E-state index contributed by atoms with van der Waals surface area (Å²) in [5.41, 5.74) is 2.35. The van der Waals surface area contributed by atoms with Crippen molar-refractivity contribution in [2.24, 2.45) is 0 Å². The Morgan fingerprint density at radius 2 is 2.62 bits per heavy atom. The van der Waals surface area contributed by atoms with E-state index in [0.29, 0.717) is 5.82 Å². The predicted molar refractivity (Wildman–Crippen MR) is 21.8 cm³/mol. The van der Waals surface area contributed by atoms with Crippen molar-refractivity contribution in [3.05, 3.63) is 6.39 Å². The number of oxazole rings is 1. The van der Waals surface area contributed by atoms with Gasteiger partial charge in [0.1, 0.15) is 0 Å². The highest BCUT2D eigenvalue weighted by atomic mass is 17.3. The minimum Gasteiger partial charge on any atom is -0.409 e. The molecule has 0 fully saturated rings. The molecule has 1 N–H and O–H groups in total. The first kappa shape index (κ1) is 3.73. The van der Waals surface area contributed by atoms with Crippen LogP contribution >= 0.6 is 0 Å². The smallest absolute Gasteiger partial charge is 0.371 e. The van der Waals surface area contributed by atoms with Gasteiger partial charge in [0.2, 0.25) is 5.82 Å². The van der Waals surface area contributed by atoms with Crippen molar-refractivity contribution in [1.29, 1.82) is 0 Å². The van der Waals surface area contributed by atoms with E-state index in [9.17, 15) is 0 Å². The van der Waals surface area contributed by atoms with Gasteiger partial charge in [-0.25, -0.2) is 5.48 Å². The van der Waals surface area contributed by atoms with Gasteiger partial charge in [-0.1, -0.05) is 4.99 Å². The Balaban J connectivity index is 2.54. The zero-order valence-corrected chi connectivity index (χ0v) is 3.75. The predicted octanol–water partition coefficient (Wildman–Crippen LogP) is 0.325. The molecule has 1 aliphatic heterocycles. The highest BCUT2D eigenvalue weighted by Crippen LogP contribution is 2.26. The number of nitrogens with zero attached hydrogens (tertiary/aromatic N) is 1. The highest BCUT2D eigenvalue weighted by Gasteiger charge is 2.17. The van der Waals surface area contributed by atoms with E-state index in [-0.39, 0.29) is 5.95 Å². The first-order chi connectivity index (χ1) is 3.97. The van der Waals surface area contributed by atoms with Crippen LogP contribution in [0, 0.1) is 0 Å². The summed E-state index contributed by atoms with van der Waals surface area (Å²) < 4.78 is 4.66. The SMILES string of the molecule is c1nc2c(o1)OON2. The summed E-state index contributed by atoms with van der Waals surface area (Å²) in [7, 11) is 0. The van der Waals surface area contributed by atoms with E-state index in [1.807, 2.05) is 0 Å². The fourth-order valence-corrected chi connectivity index (χ4v) is 0.461. The van der Waals surface area contributed by atoms with Gasteiger partial charge >= 0.3 is 5.95 Å². The fraction of sp³-hybridized carbons (Fsp3) is 0. The molecule has 0 amide bonds. The lowest BCUT2D eigenvalue weighted by Crippen LogP contribution is -1.93. The average molecular weight is 114 g/mol. The lowest BCUT2D eigenvalue weighted by Gasteiger charge is -1.83. The fourth-order valence-electron chi connectivity index (χ4n) is 0.461. The molecule has 1 aliphatic rings. The Labute approximate surface area is 44.1 Å². The Hall–Kier alpha value is -1.23. The van der Waals surface area contributed by atoms with Crippen LogP contribution in [-0.2, 0) is 4.99 Å². The minimum atomic E-state index is 0.269. The molecule has 42 valence electrons. The summed E-state index contributed by atoms with van der Waals surface area (Å²) in [5, 5.41) is 0. The van der Waals surface area contributed by atoms with Gasteiger partial charge in [-0.3, -0.25) is 4.89 Å². The van der Waals surface area contributed by atoms with Crippen LogP contribution in [-0.4, -0.2) is 4.98 Å². The lowest BCUT2D eigenvalue weighted by molar-refractivity contribution is -0.174. The standard InChI is InChI=1S/C3H2N2O3/c1-4-2-3(6-1)7-8-5-2/h1,5H. The van der Waals surface area contributed by atoms with Crippen LogP contribution in [0.25, 0.3) is 0 Å². The molecule has 1 aromatic rings. The molecule has 2 heterocycles. The largest absolute Gasteiger partial charge is 0.409 e. The van der Waals surface area contributed by atoms with Crippen LogP contribution in [0.1, 0.15) is 0 Å². The second-order valence-corrected chi connectivity index (χ2v) is 1.26. The monoisotopic (exact) mass is 114 g/mol. The number of nitrogens with one attached hydrogen (secondary N) is 1. The van der Waals surface area contributed by atoms with E-state index < -0.39 is 0 Å². The molecule has 0 spiro atoms. The number of hydrogen-bond acceptors (Lipinski definition) is 5. The van der Waals surface area contributed by atoms with Gasteiger partial charge in [-0.05, 0) is 0 Å². The number of rotatable bonds is 0. The van der Waals surface area contributed by atoms with Crippen molar-refractivity contribution < 1.29 is 14.3 Å². The Kier molecular flexibility index (Phi) is 0.528. The van der Waals surface area contributed by atoms with Gasteiger partial charge in [-0.2, -0.15) is 4.98 Å². The molecule has 0 bridgehead atoms. The summed E-state index contributed by atoms with van der Waals surface area (Å²) in [4.78, 5) is 12.3. The van der Waals surface area contributed by atoms with E-state index in [4.69, 9.17) is 0 Å². The molecule has 0 saturated carbocycles. The molecule has 0 radical (unpaired) electrons. The van der Waals surface area contributed by atoms with Crippen molar-refractivity contribution in [3.8, 4) is 5.95 Å². The normalized spacial score (nSPS) is 14.5. The van der Waals surface area contributed by atoms with Crippen molar-refractivity contribution >= 4 is 5.82 Å². The third-order valence-electron chi connectivity index (χ3n) is 0.791. The molecule has 0 atom stereocenters. The van der Waals surface area contributed by atoms with Crippen LogP contribution in [0.2, 0.25) is 0 Å². The molecule has 0 saturated heterocycles. The van der Waals surface area contributed by atoms with Gasteiger partial charge in [0, 0.05) is 0 Å². The first-order valence-electron chi connectivity index (χ1n) is 2.00. The van der Waals surface area contributed by atoms with Gasteiger partial charge in [-0.15, -0.1) is 0 Å². The second kappa shape index (κ2) is 1.13. The molecule has 2 rings (SSSR count). The van der Waals surface area contributed by atoms with Gasteiger partial charge in [0.15, 0.2) is 6.39 Å². The summed E-state index contributed by atoms with van der Waals surface area (Å²) >= 11 is 0. The first-order valence-corrected chi connectivity index (χ1v) is 2.00. The summed E-state index contributed by atoms with van der Waals surface area (Å²) in [6.45, 7) is 0. The van der Waals surface area contributed by atoms with E-state index in [1.54, 1.807) is 0 Å². The van der Waals surface area contributed by atoms with E-state index >= 15 is 0 Å². The van der Waals surface area contributed by atoms with Gasteiger partial charge in [0.05, 0.1) is 0 Å². The van der Waals surface area contributed by atoms with Crippen molar-refractivity contribution in [3.63, 3.8) is 0 Å². The Bertz CT molecular complexity index is 178. The number of aromatic nitrogens is 1. The Morgan fingerprint density at radius 3 is 3.50 bits per heavy atom. The van der Waals surface area contributed by atoms with Crippen molar-refractivity contribution in [2.75, 3.05) is 5.48 Å². The topological polar surface area (TPSA) is 56.5 Å². The minimum absolute atomic E-state index is 0.269. The van der Waals surface area contributed by atoms with Crippen LogP contribution < -0.4 is 10.4 Å². The van der Waals surface area contributed by atoms with Crippen molar-refractivity contribution in [2.45, 2.75) is 0 Å². The molecule has 1 aromatic heterocycles. The highest BCUT2D eigenvalue weighted by molar-refractivity contribution is 5.41. The maximum Gasteiger partial charge on any atom is 0.371 e. The van der Waals surface area contributed by atoms with Crippen LogP contribution in [0.15, 0.2) is 10.8 Å². The van der Waals surface area contributed by atoms with Gasteiger partial charge in [0.25, 0.3) is 0 Å². The van der Waals surface area contributed by atoms with Crippen LogP contribution in [0.4, 0.5) is 5.82 Å². The van der Waals surface area contributed by atoms with Crippen LogP contribution in [0.3, 0.4) is 0 Å². The quantitative estimate of drug-likeness (QED) is 0.492. The number of fused-ring (bicyclic) bond motifs is 1. The maximum atomic E-state index is 4.66. The van der Waals surface area contributed by atoms with E-state index in [1.165, 1.54) is 6.39 Å². The van der Waals surface area contributed by atoms with E-state index in [0.717, 1.165) is 0 Å². The molecule has 5 nitrogen and oxygen atoms in total. The van der Waals surface area contributed by atoms with E-state index in [2.05, 4.69) is 24.8 Å². The Morgan fingerprint density at radius 1 is 1.62 bits per heavy atom. The summed E-state index contributed by atoms with van der Waals surface area (Å²) in [6.07, 6.45) is 1.26. The summed E-state index contributed by atoms with van der Waals surface area (Å²) in [6, 6.07) is 0. The van der Waals surface area contributed by atoms with Crippen molar-refractivity contribution in [1.82, 2.24) is 4.98 Å². The second-order valence-electron chi connectivity index (χ2n) is 1.26. The lowest BCUT2D eigenvalue weighted by atomic mass is 10.8. The zero-order chi connectivity index (χ0) is 5.40. The number of hydrogen-bond donors (Lipinski definition) is 1. The molecule has 5 heteroatoms. The molecule has 0 unspecified atom stereocenters. The molecule has 0 aliphatic carbocycles. The average Bonchev–Trinajstić information content (AvgIpc) is 2.15. The third kappa shape index (κ3) is 0.311. The zero-order valence-electron chi connectivity index (χ0n) is 3.75. The molecule has 0 aromatic carbocycles. The molecular weight excluding hydrogens is 112 g/mol. The molecule has 8 heavy (non-hydrogen) atoms. The van der Waals surface area contributed by atoms with Gasteiger partial charge < -0.3 is 4.42 Å². The number of anilines is 1.